The van der Waals surface area contributed by atoms with Crippen LogP contribution in [0.2, 0.25) is 10.0 Å². The topological polar surface area (TPSA) is 81.7 Å². The Bertz CT molecular complexity index is 1430. The highest BCUT2D eigenvalue weighted by molar-refractivity contribution is 7.89. The molecule has 0 radical (unpaired) electrons. The predicted molar refractivity (Wildman–Crippen MR) is 163 cm³/mol. The second-order valence-electron chi connectivity index (χ2n) is 10.1. The predicted octanol–water partition coefficient (Wildman–Crippen LogP) is 7.59. The standard InChI is InChI=1S/C32H35Cl2NO5S/c1-39-32(36)12-8-3-2-7-11-27-29(35-41(37,38)31-21-26(33)17-18-28(31)34)19-20-30(27)40-22-23-13-15-25(16-14-23)24-9-5-4-6-10-24/h2,4-7,9-10,13-18,21,27,29-30,35H,3,8,11-12,19-20,22H2,1H3/t27-,29+,30+/m1/s1. The Hall–Kier alpha value is -2.68. The van der Waals surface area contributed by atoms with Gasteiger partial charge in [-0.15, -0.1) is 0 Å². The van der Waals surface area contributed by atoms with Gasteiger partial charge in [0.15, 0.2) is 0 Å². The molecule has 3 aromatic rings. The van der Waals surface area contributed by atoms with Gasteiger partial charge >= 0.3 is 5.97 Å². The van der Waals surface area contributed by atoms with Crippen LogP contribution >= 0.6 is 23.2 Å². The molecule has 1 fully saturated rings. The summed E-state index contributed by atoms with van der Waals surface area (Å²) < 4.78 is 40.5. The minimum absolute atomic E-state index is 0.0355. The maximum atomic E-state index is 13.3. The number of carbonyl (C=O) groups excluding carboxylic acids is 1. The van der Waals surface area contributed by atoms with Gasteiger partial charge in [0.2, 0.25) is 10.0 Å². The van der Waals surface area contributed by atoms with Crippen LogP contribution in [0.5, 0.6) is 0 Å². The maximum Gasteiger partial charge on any atom is 0.305 e. The van der Waals surface area contributed by atoms with Crippen molar-refractivity contribution in [1.29, 1.82) is 0 Å². The lowest BCUT2D eigenvalue weighted by Gasteiger charge is -2.25. The van der Waals surface area contributed by atoms with Crippen LogP contribution in [-0.2, 0) is 30.9 Å². The van der Waals surface area contributed by atoms with E-state index in [-0.39, 0.29) is 34.0 Å². The fraction of sp³-hybridized carbons (Fsp3) is 0.344. The Balaban J connectivity index is 1.43. The minimum atomic E-state index is -3.90. The summed E-state index contributed by atoms with van der Waals surface area (Å²) in [5, 5.41) is 0.417. The third-order valence-corrected chi connectivity index (χ3v) is 9.53. The Morgan fingerprint density at radius 2 is 1.71 bits per heavy atom. The molecular weight excluding hydrogens is 581 g/mol. The number of nitrogens with one attached hydrogen (secondary N) is 1. The van der Waals surface area contributed by atoms with Gasteiger partial charge in [-0.2, -0.15) is 0 Å². The molecule has 0 amide bonds. The number of sulfonamides is 1. The van der Waals surface area contributed by atoms with Crippen molar-refractivity contribution >= 4 is 39.2 Å². The number of unbranched alkanes of at least 4 members (excludes halogenated alkanes) is 1. The molecule has 1 saturated carbocycles. The van der Waals surface area contributed by atoms with E-state index in [1.54, 1.807) is 6.07 Å². The van der Waals surface area contributed by atoms with Gasteiger partial charge in [0, 0.05) is 23.4 Å². The second-order valence-corrected chi connectivity index (χ2v) is 12.7. The molecule has 218 valence electrons. The molecular formula is C32H35Cl2NO5S. The van der Waals surface area contributed by atoms with E-state index in [1.807, 2.05) is 30.4 Å². The number of allylic oxidation sites excluding steroid dienone is 2. The summed E-state index contributed by atoms with van der Waals surface area (Å²) in [7, 11) is -2.52. The molecule has 0 aromatic heterocycles. The van der Waals surface area contributed by atoms with Crippen molar-refractivity contribution in [3.05, 3.63) is 101 Å². The highest BCUT2D eigenvalue weighted by atomic mass is 35.5. The first-order chi connectivity index (χ1) is 19.8. The summed E-state index contributed by atoms with van der Waals surface area (Å²) in [6.07, 6.45) is 7.72. The molecule has 1 aliphatic rings. The van der Waals surface area contributed by atoms with Gasteiger partial charge in [0.25, 0.3) is 0 Å². The summed E-state index contributed by atoms with van der Waals surface area (Å²) in [6.45, 7) is 0.429. The molecule has 6 nitrogen and oxygen atoms in total. The number of rotatable bonds is 13. The number of methoxy groups -OCH3 is 1. The Labute approximate surface area is 252 Å². The van der Waals surface area contributed by atoms with E-state index in [9.17, 15) is 13.2 Å². The molecule has 9 heteroatoms. The van der Waals surface area contributed by atoms with E-state index in [0.717, 1.165) is 29.5 Å². The van der Waals surface area contributed by atoms with Crippen molar-refractivity contribution in [2.45, 2.75) is 62.2 Å². The first kappa shape index (κ1) is 31.3. The monoisotopic (exact) mass is 615 g/mol. The average molecular weight is 617 g/mol. The Morgan fingerprint density at radius 1 is 0.976 bits per heavy atom. The molecule has 4 rings (SSSR count). The zero-order chi connectivity index (χ0) is 29.2. The molecule has 0 bridgehead atoms. The second kappa shape index (κ2) is 15.0. The summed E-state index contributed by atoms with van der Waals surface area (Å²) in [5.41, 5.74) is 3.35. The fourth-order valence-corrected chi connectivity index (χ4v) is 7.20. The zero-order valence-corrected chi connectivity index (χ0v) is 25.3. The van der Waals surface area contributed by atoms with Gasteiger partial charge in [0.1, 0.15) is 4.90 Å². The van der Waals surface area contributed by atoms with Gasteiger partial charge < -0.3 is 9.47 Å². The van der Waals surface area contributed by atoms with Crippen molar-refractivity contribution < 1.29 is 22.7 Å². The van der Waals surface area contributed by atoms with Gasteiger partial charge in [-0.05, 0) is 67.0 Å². The third-order valence-electron chi connectivity index (χ3n) is 7.33. The number of hydrogen-bond acceptors (Lipinski definition) is 5. The van der Waals surface area contributed by atoms with Crippen molar-refractivity contribution in [3.63, 3.8) is 0 Å². The first-order valence-electron chi connectivity index (χ1n) is 13.7. The van der Waals surface area contributed by atoms with Gasteiger partial charge in [-0.3, -0.25) is 4.79 Å². The number of halogens is 2. The van der Waals surface area contributed by atoms with Crippen LogP contribution in [0, 0.1) is 5.92 Å². The van der Waals surface area contributed by atoms with Crippen molar-refractivity contribution in [3.8, 4) is 11.1 Å². The van der Waals surface area contributed by atoms with Crippen LogP contribution in [0.1, 0.15) is 44.1 Å². The van der Waals surface area contributed by atoms with Gasteiger partial charge in [0.05, 0.1) is 24.8 Å². The van der Waals surface area contributed by atoms with Crippen molar-refractivity contribution in [2.24, 2.45) is 5.92 Å². The summed E-state index contributed by atoms with van der Waals surface area (Å²) >= 11 is 12.3. The first-order valence-corrected chi connectivity index (χ1v) is 16.0. The largest absolute Gasteiger partial charge is 0.469 e. The highest BCUT2D eigenvalue weighted by Gasteiger charge is 2.38. The van der Waals surface area contributed by atoms with Crippen LogP contribution < -0.4 is 4.72 Å². The number of ether oxygens (including phenoxy) is 2. The SMILES string of the molecule is COC(=O)CCCC=CC[C@@H]1[C@@H](NS(=O)(=O)c2cc(Cl)ccc2Cl)CC[C@@H]1OCc1ccc(-c2ccccc2)cc1. The highest BCUT2D eigenvalue weighted by Crippen LogP contribution is 2.35. The molecule has 41 heavy (non-hydrogen) atoms. The van der Waals surface area contributed by atoms with E-state index < -0.39 is 10.0 Å². The van der Waals surface area contributed by atoms with E-state index in [1.165, 1.54) is 19.2 Å². The van der Waals surface area contributed by atoms with E-state index in [2.05, 4.69) is 41.1 Å². The quantitative estimate of drug-likeness (QED) is 0.122. The van der Waals surface area contributed by atoms with E-state index >= 15 is 0 Å². The number of esters is 1. The van der Waals surface area contributed by atoms with Gasteiger partial charge in [-0.25, -0.2) is 13.1 Å². The Morgan fingerprint density at radius 3 is 2.44 bits per heavy atom. The van der Waals surface area contributed by atoms with E-state index in [4.69, 9.17) is 32.7 Å². The lowest BCUT2D eigenvalue weighted by molar-refractivity contribution is -0.140. The third kappa shape index (κ3) is 8.90. The van der Waals surface area contributed by atoms with Crippen LogP contribution in [0.25, 0.3) is 11.1 Å². The fourth-order valence-electron chi connectivity index (χ4n) is 5.11. The van der Waals surface area contributed by atoms with Gasteiger partial charge in [-0.1, -0.05) is 90.0 Å². The minimum Gasteiger partial charge on any atom is -0.469 e. The van der Waals surface area contributed by atoms with Crippen LogP contribution in [0.4, 0.5) is 0 Å². The lowest BCUT2D eigenvalue weighted by Crippen LogP contribution is -2.40. The smallest absolute Gasteiger partial charge is 0.305 e. The summed E-state index contributed by atoms with van der Waals surface area (Å²) in [5.74, 6) is -0.309. The molecule has 0 spiro atoms. The lowest BCUT2D eigenvalue weighted by atomic mass is 9.97. The van der Waals surface area contributed by atoms with Crippen LogP contribution in [-0.4, -0.2) is 33.6 Å². The molecule has 3 aromatic carbocycles. The molecule has 3 atom stereocenters. The molecule has 0 unspecified atom stereocenters. The van der Waals surface area contributed by atoms with Crippen molar-refractivity contribution in [1.82, 2.24) is 4.72 Å². The maximum absolute atomic E-state index is 13.3. The average Bonchev–Trinajstić information content (AvgIpc) is 3.35. The molecule has 1 N–H and O–H groups in total. The number of hydrogen-bond donors (Lipinski definition) is 1. The molecule has 0 aliphatic heterocycles. The number of benzene rings is 3. The Kier molecular flexibility index (Phi) is 11.4. The van der Waals surface area contributed by atoms with Crippen molar-refractivity contribution in [2.75, 3.05) is 7.11 Å². The zero-order valence-electron chi connectivity index (χ0n) is 23.0. The van der Waals surface area contributed by atoms with E-state index in [0.29, 0.717) is 37.3 Å². The molecule has 0 saturated heterocycles. The molecule has 0 heterocycles. The van der Waals surface area contributed by atoms with Crippen LogP contribution in [0.15, 0.2) is 89.8 Å². The van der Waals surface area contributed by atoms with Crippen LogP contribution in [0.3, 0.4) is 0 Å². The summed E-state index contributed by atoms with van der Waals surface area (Å²) in [4.78, 5) is 11.3. The number of carbonyl (C=O) groups is 1. The summed E-state index contributed by atoms with van der Waals surface area (Å²) in [6, 6.07) is 22.6. The molecule has 1 aliphatic carbocycles. The normalized spacial score (nSPS) is 19.0.